The number of hydrogen-bond acceptors (Lipinski definition) is 14. The van der Waals surface area contributed by atoms with Gasteiger partial charge in [0, 0.05) is 31.0 Å². The van der Waals surface area contributed by atoms with Gasteiger partial charge in [-0.2, -0.15) is 4.98 Å². The van der Waals surface area contributed by atoms with Gasteiger partial charge in [-0.3, -0.25) is 27.9 Å². The van der Waals surface area contributed by atoms with Gasteiger partial charge in [0.15, 0.2) is 17.4 Å². The summed E-state index contributed by atoms with van der Waals surface area (Å²) in [5.74, 6) is -0.157. The van der Waals surface area contributed by atoms with Gasteiger partial charge in [0.2, 0.25) is 11.8 Å². The molecule has 6 rings (SSSR count). The summed E-state index contributed by atoms with van der Waals surface area (Å²) in [6.07, 6.45) is 1.55. The molecule has 20 heteroatoms. The summed E-state index contributed by atoms with van der Waals surface area (Å²) in [6, 6.07) is 1.61. The Morgan fingerprint density at radius 2 is 1.85 bits per heavy atom. The Morgan fingerprint density at radius 3 is 2.62 bits per heavy atom. The lowest BCUT2D eigenvalue weighted by atomic mass is 10.1. The Hall–Kier alpha value is -2.01. The lowest BCUT2D eigenvalue weighted by Crippen LogP contribution is -2.24. The second-order valence-corrected chi connectivity index (χ2v) is 15.2. The molecule has 3 aliphatic rings. The minimum Gasteiger partial charge on any atom is -0.474 e. The number of aromatic amines is 1. The van der Waals surface area contributed by atoms with Crippen molar-refractivity contribution in [3.63, 3.8) is 0 Å². The first-order valence-electron chi connectivity index (χ1n) is 12.2. The van der Waals surface area contributed by atoms with Crippen molar-refractivity contribution in [2.24, 2.45) is 5.92 Å². The molecule has 1 aliphatic carbocycles. The van der Waals surface area contributed by atoms with Gasteiger partial charge in [-0.25, -0.2) is 24.1 Å². The second kappa shape index (κ2) is 11.0. The number of nitrogens with zero attached hydrogens (tertiary/aromatic N) is 5. The third-order valence-corrected chi connectivity index (χ3v) is 9.99. The predicted molar refractivity (Wildman–Crippen MR) is 145 cm³/mol. The number of rotatable bonds is 3. The SMILES string of the molecule is Nc1nc2c(ncn2[C@@H]2O[C@@H]3CO[P@](=O)(S)O[C@H]4C[C@H](Oc5ccncn5)C[C@@H]4CO[P@](=O)(S)O[C@@H]2C3)c(=O)[nH]1. The minimum absolute atomic E-state index is 0.0234. The summed E-state index contributed by atoms with van der Waals surface area (Å²) in [5, 5.41) is 0. The van der Waals surface area contributed by atoms with Crippen LogP contribution in [0.1, 0.15) is 25.5 Å². The molecule has 0 aromatic carbocycles. The molecule has 8 atom stereocenters. The van der Waals surface area contributed by atoms with Crippen LogP contribution in [0.25, 0.3) is 11.2 Å². The maximum Gasteiger partial charge on any atom is 0.386 e. The van der Waals surface area contributed by atoms with Crippen molar-refractivity contribution in [1.82, 2.24) is 29.5 Å². The van der Waals surface area contributed by atoms with Gasteiger partial charge in [0.1, 0.15) is 18.5 Å². The zero-order chi connectivity index (χ0) is 28.1. The van der Waals surface area contributed by atoms with E-state index in [4.69, 9.17) is 33.3 Å². The molecular weight excluding hydrogens is 608 g/mol. The molecule has 16 nitrogen and oxygen atoms in total. The van der Waals surface area contributed by atoms with Gasteiger partial charge >= 0.3 is 13.6 Å². The lowest BCUT2D eigenvalue weighted by molar-refractivity contribution is -0.0456. The van der Waals surface area contributed by atoms with Gasteiger partial charge in [0.05, 0.1) is 31.7 Å². The molecule has 3 aromatic heterocycles. The molecular formula is C20H25N7O9P2S2. The highest BCUT2D eigenvalue weighted by Gasteiger charge is 2.46. The van der Waals surface area contributed by atoms with E-state index < -0.39 is 49.6 Å². The molecule has 3 N–H and O–H groups in total. The van der Waals surface area contributed by atoms with E-state index in [9.17, 15) is 13.9 Å². The lowest BCUT2D eigenvalue weighted by Gasteiger charge is -2.26. The van der Waals surface area contributed by atoms with Crippen LogP contribution in [-0.2, 0) is 32.0 Å². The number of ether oxygens (including phenoxy) is 2. The van der Waals surface area contributed by atoms with Gasteiger partial charge < -0.3 is 19.7 Å². The molecule has 216 valence electrons. The van der Waals surface area contributed by atoms with Crippen molar-refractivity contribution in [3.05, 3.63) is 35.3 Å². The third-order valence-electron chi connectivity index (χ3n) is 6.71. The maximum atomic E-state index is 13.4. The third kappa shape index (κ3) is 6.10. The van der Waals surface area contributed by atoms with Crippen LogP contribution >= 0.6 is 38.1 Å². The van der Waals surface area contributed by atoms with E-state index in [1.807, 2.05) is 0 Å². The van der Waals surface area contributed by atoms with E-state index in [1.54, 1.807) is 12.3 Å². The van der Waals surface area contributed by atoms with E-state index in [0.29, 0.717) is 18.7 Å². The number of nitrogen functional groups attached to an aromatic ring is 1. The smallest absolute Gasteiger partial charge is 0.386 e. The highest BCUT2D eigenvalue weighted by atomic mass is 32.7. The number of imidazole rings is 1. The molecule has 2 aliphatic heterocycles. The Bertz CT molecular complexity index is 1550. The average Bonchev–Trinajstić information content (AvgIpc) is 3.58. The Labute approximate surface area is 237 Å². The Balaban J connectivity index is 1.25. The zero-order valence-corrected chi connectivity index (χ0v) is 24.2. The van der Waals surface area contributed by atoms with Crippen molar-refractivity contribution >= 4 is 55.2 Å². The summed E-state index contributed by atoms with van der Waals surface area (Å²) in [6.45, 7) is -8.13. The summed E-state index contributed by atoms with van der Waals surface area (Å²) in [7, 11) is 0. The van der Waals surface area contributed by atoms with Crippen LogP contribution in [0, 0.1) is 5.92 Å². The van der Waals surface area contributed by atoms with Gasteiger partial charge in [-0.1, -0.05) is 24.5 Å². The second-order valence-electron chi connectivity index (χ2n) is 9.49. The number of hydrogen-bond donors (Lipinski definition) is 4. The number of H-pyrrole nitrogens is 1. The number of nitrogens with two attached hydrogens (primary N) is 1. The average molecular weight is 634 g/mol. The van der Waals surface area contributed by atoms with Crippen LogP contribution in [0.5, 0.6) is 5.88 Å². The van der Waals surface area contributed by atoms with Gasteiger partial charge in [-0.05, 0) is 6.42 Å². The van der Waals surface area contributed by atoms with Crippen LogP contribution in [-0.4, -0.2) is 67.1 Å². The fraction of sp³-hybridized carbons (Fsp3) is 0.550. The minimum atomic E-state index is -3.96. The first kappa shape index (κ1) is 28.1. The van der Waals surface area contributed by atoms with Crippen LogP contribution in [0.3, 0.4) is 0 Å². The number of nitrogens with one attached hydrogen (secondary N) is 1. The predicted octanol–water partition coefficient (Wildman–Crippen LogP) is 2.53. The van der Waals surface area contributed by atoms with Crippen LogP contribution in [0.4, 0.5) is 5.95 Å². The fourth-order valence-electron chi connectivity index (χ4n) is 5.02. The van der Waals surface area contributed by atoms with E-state index in [-0.39, 0.29) is 42.9 Å². The zero-order valence-electron chi connectivity index (χ0n) is 20.6. The highest BCUT2D eigenvalue weighted by molar-refractivity contribution is 8.44. The molecule has 40 heavy (non-hydrogen) atoms. The molecule has 2 saturated heterocycles. The quantitative estimate of drug-likeness (QED) is 0.242. The molecule has 0 unspecified atom stereocenters. The normalized spacial score (nSPS) is 36.9. The Morgan fingerprint density at radius 1 is 1.07 bits per heavy atom. The standard InChI is InChI=1S/C20H25N7O9P2S2/c21-20-25-17-16(18(28)26-20)24-9-27(17)19-14-5-12(34-19)7-32-38(30,40)35-13-4-11(33-15-1-2-22-8-23-15)3-10(13)6-31-37(29,39)36-14/h1-2,8-14,19H,3-7H2,(H,29,39)(H,30,40)(H3,21,25,26,28)/t10-,11-,12+,13+,14-,19-,37+,38+/m1/s1. The van der Waals surface area contributed by atoms with Gasteiger partial charge in [-0.15, -0.1) is 0 Å². The molecule has 0 amide bonds. The van der Waals surface area contributed by atoms with Crippen molar-refractivity contribution in [3.8, 4) is 5.88 Å². The van der Waals surface area contributed by atoms with Crippen molar-refractivity contribution in [2.75, 3.05) is 18.9 Å². The van der Waals surface area contributed by atoms with Gasteiger partial charge in [0.25, 0.3) is 5.56 Å². The van der Waals surface area contributed by atoms with E-state index in [0.717, 1.165) is 0 Å². The monoisotopic (exact) mass is 633 g/mol. The summed E-state index contributed by atoms with van der Waals surface area (Å²) < 4.78 is 63.0. The van der Waals surface area contributed by atoms with Crippen molar-refractivity contribution < 1.29 is 36.7 Å². The molecule has 0 radical (unpaired) electrons. The summed E-state index contributed by atoms with van der Waals surface area (Å²) in [5.41, 5.74) is 5.34. The summed E-state index contributed by atoms with van der Waals surface area (Å²) in [4.78, 5) is 30.8. The van der Waals surface area contributed by atoms with E-state index >= 15 is 0 Å². The number of aromatic nitrogens is 6. The van der Waals surface area contributed by atoms with Crippen molar-refractivity contribution in [2.45, 2.75) is 49.9 Å². The topological polar surface area (TPSA) is 205 Å². The molecule has 3 aromatic rings. The number of thiol groups is 2. The molecule has 5 heterocycles. The van der Waals surface area contributed by atoms with Crippen molar-refractivity contribution in [1.29, 1.82) is 0 Å². The first-order valence-corrected chi connectivity index (χ1v) is 17.6. The largest absolute Gasteiger partial charge is 0.474 e. The summed E-state index contributed by atoms with van der Waals surface area (Å²) >= 11 is 8.37. The van der Waals surface area contributed by atoms with Crippen LogP contribution < -0.4 is 16.0 Å². The highest BCUT2D eigenvalue weighted by Crippen LogP contribution is 2.60. The molecule has 3 fully saturated rings. The molecule has 2 bridgehead atoms. The maximum absolute atomic E-state index is 13.4. The van der Waals surface area contributed by atoms with E-state index in [1.165, 1.54) is 17.2 Å². The number of fused-ring (bicyclic) bond motifs is 4. The van der Waals surface area contributed by atoms with Crippen LogP contribution in [0.15, 0.2) is 29.7 Å². The molecule has 0 spiro atoms. The van der Waals surface area contributed by atoms with E-state index in [2.05, 4.69) is 49.4 Å². The Kier molecular flexibility index (Phi) is 7.74. The number of anilines is 1. The first-order chi connectivity index (χ1) is 19.1. The van der Waals surface area contributed by atoms with Crippen LogP contribution in [0.2, 0.25) is 0 Å². The molecule has 1 saturated carbocycles. The fourth-order valence-corrected chi connectivity index (χ4v) is 8.14.